The maximum Gasteiger partial charge on any atom is 0.338 e. The van der Waals surface area contributed by atoms with Gasteiger partial charge in [-0.25, -0.2) is 13.2 Å². The molecule has 0 fully saturated rings. The molecule has 0 heterocycles. The van der Waals surface area contributed by atoms with Crippen molar-refractivity contribution in [3.63, 3.8) is 0 Å². The van der Waals surface area contributed by atoms with Crippen molar-refractivity contribution in [3.8, 4) is 5.75 Å². The van der Waals surface area contributed by atoms with E-state index in [0.29, 0.717) is 24.4 Å². The summed E-state index contributed by atoms with van der Waals surface area (Å²) in [5.41, 5.74) is 1.61. The van der Waals surface area contributed by atoms with E-state index < -0.39 is 28.5 Å². The van der Waals surface area contributed by atoms with Crippen LogP contribution < -0.4 is 14.4 Å². The molecule has 1 amide bonds. The van der Waals surface area contributed by atoms with Gasteiger partial charge in [-0.15, -0.1) is 0 Å². The number of para-hydroxylation sites is 2. The van der Waals surface area contributed by atoms with Crippen LogP contribution in [0.25, 0.3) is 0 Å². The lowest BCUT2D eigenvalue weighted by Gasteiger charge is -2.21. The van der Waals surface area contributed by atoms with E-state index in [1.54, 1.807) is 24.3 Å². The Labute approximate surface area is 199 Å². The largest absolute Gasteiger partial charge is 0.495 e. The number of hydrogen-bond acceptors (Lipinski definition) is 6. The van der Waals surface area contributed by atoms with Gasteiger partial charge in [0.1, 0.15) is 5.75 Å². The van der Waals surface area contributed by atoms with E-state index in [-0.39, 0.29) is 10.5 Å². The molecule has 0 unspecified atom stereocenters. The second-order valence-electron chi connectivity index (χ2n) is 7.33. The number of nitrogens with one attached hydrogen (secondary N) is 1. The molecular weight excluding hydrogens is 456 g/mol. The minimum Gasteiger partial charge on any atom is -0.495 e. The molecular formula is C25H26N2O6S. The summed E-state index contributed by atoms with van der Waals surface area (Å²) in [7, 11) is -1.00. The Balaban J connectivity index is 1.55. The molecule has 3 rings (SSSR count). The smallest absolute Gasteiger partial charge is 0.338 e. The molecule has 3 aromatic carbocycles. The summed E-state index contributed by atoms with van der Waals surface area (Å²) in [6, 6.07) is 21.8. The number of ether oxygens (including phenoxy) is 2. The summed E-state index contributed by atoms with van der Waals surface area (Å²) < 4.78 is 37.4. The maximum atomic E-state index is 13.0. The minimum atomic E-state index is -3.89. The molecule has 0 aliphatic rings. The van der Waals surface area contributed by atoms with Gasteiger partial charge in [0.25, 0.3) is 15.9 Å². The number of esters is 1. The molecule has 0 saturated heterocycles. The fourth-order valence-corrected chi connectivity index (χ4v) is 4.40. The molecule has 3 aromatic rings. The van der Waals surface area contributed by atoms with Crippen molar-refractivity contribution in [2.75, 3.05) is 31.6 Å². The van der Waals surface area contributed by atoms with E-state index in [4.69, 9.17) is 9.47 Å². The van der Waals surface area contributed by atoms with E-state index in [1.165, 1.54) is 38.4 Å². The SMILES string of the molecule is COc1ccccc1N(C)S(=O)(=O)c1ccc(C(=O)OCC(=O)NCCc2ccccc2)cc1. The van der Waals surface area contributed by atoms with Crippen LogP contribution in [0.15, 0.2) is 83.8 Å². The van der Waals surface area contributed by atoms with Crippen molar-refractivity contribution < 1.29 is 27.5 Å². The van der Waals surface area contributed by atoms with E-state index in [1.807, 2.05) is 30.3 Å². The number of anilines is 1. The van der Waals surface area contributed by atoms with Gasteiger partial charge >= 0.3 is 5.97 Å². The van der Waals surface area contributed by atoms with E-state index >= 15 is 0 Å². The summed E-state index contributed by atoms with van der Waals surface area (Å²) in [5.74, 6) is -0.724. The first kappa shape index (κ1) is 24.8. The first-order chi connectivity index (χ1) is 16.3. The molecule has 178 valence electrons. The number of carbonyl (C=O) groups is 2. The molecule has 0 aliphatic heterocycles. The molecule has 0 spiro atoms. The monoisotopic (exact) mass is 482 g/mol. The molecule has 0 saturated carbocycles. The van der Waals surface area contributed by atoms with Crippen LogP contribution in [0.5, 0.6) is 5.75 Å². The minimum absolute atomic E-state index is 0.00360. The van der Waals surface area contributed by atoms with E-state index in [0.717, 1.165) is 9.87 Å². The van der Waals surface area contributed by atoms with Crippen LogP contribution in [0.4, 0.5) is 5.69 Å². The van der Waals surface area contributed by atoms with E-state index in [9.17, 15) is 18.0 Å². The molecule has 0 aliphatic carbocycles. The fourth-order valence-electron chi connectivity index (χ4n) is 3.20. The van der Waals surface area contributed by atoms with Gasteiger partial charge < -0.3 is 14.8 Å². The number of methoxy groups -OCH3 is 1. The molecule has 9 heteroatoms. The van der Waals surface area contributed by atoms with Crippen LogP contribution in [-0.4, -0.2) is 47.6 Å². The lowest BCUT2D eigenvalue weighted by atomic mass is 10.1. The highest BCUT2D eigenvalue weighted by Gasteiger charge is 2.24. The second kappa shape index (κ2) is 11.3. The van der Waals surface area contributed by atoms with Crippen molar-refractivity contribution in [1.82, 2.24) is 5.32 Å². The number of sulfonamides is 1. The van der Waals surface area contributed by atoms with Gasteiger partial charge in [-0.2, -0.15) is 0 Å². The number of hydrogen-bond donors (Lipinski definition) is 1. The van der Waals surface area contributed by atoms with Crippen LogP contribution in [0.2, 0.25) is 0 Å². The van der Waals surface area contributed by atoms with Crippen molar-refractivity contribution in [2.45, 2.75) is 11.3 Å². The molecule has 0 atom stereocenters. The Kier molecular flexibility index (Phi) is 8.26. The fraction of sp³-hybridized carbons (Fsp3) is 0.200. The number of rotatable bonds is 10. The standard InChI is InChI=1S/C25H26N2O6S/c1-27(22-10-6-7-11-23(22)32-2)34(30,31)21-14-12-20(13-15-21)25(29)33-18-24(28)26-17-16-19-8-4-3-5-9-19/h3-15H,16-18H2,1-2H3,(H,26,28). The summed E-state index contributed by atoms with van der Waals surface area (Å²) in [5, 5.41) is 2.69. The maximum absolute atomic E-state index is 13.0. The average Bonchev–Trinajstić information content (AvgIpc) is 2.87. The van der Waals surface area contributed by atoms with Crippen molar-refractivity contribution in [2.24, 2.45) is 0 Å². The first-order valence-corrected chi connectivity index (χ1v) is 12.0. The Morgan fingerprint density at radius 1 is 0.912 bits per heavy atom. The van der Waals surface area contributed by atoms with Crippen LogP contribution in [-0.2, 0) is 26.0 Å². The normalized spacial score (nSPS) is 10.9. The predicted molar refractivity (Wildman–Crippen MR) is 128 cm³/mol. The summed E-state index contributed by atoms with van der Waals surface area (Å²) in [4.78, 5) is 24.2. The van der Waals surface area contributed by atoms with Crippen molar-refractivity contribution >= 4 is 27.6 Å². The number of benzene rings is 3. The van der Waals surface area contributed by atoms with E-state index in [2.05, 4.69) is 5.32 Å². The lowest BCUT2D eigenvalue weighted by Crippen LogP contribution is -2.30. The zero-order chi connectivity index (χ0) is 24.6. The van der Waals surface area contributed by atoms with Crippen LogP contribution >= 0.6 is 0 Å². The Morgan fingerprint density at radius 2 is 1.56 bits per heavy atom. The molecule has 34 heavy (non-hydrogen) atoms. The Morgan fingerprint density at radius 3 is 2.24 bits per heavy atom. The highest BCUT2D eigenvalue weighted by atomic mass is 32.2. The van der Waals surface area contributed by atoms with Gasteiger partial charge in [0, 0.05) is 13.6 Å². The predicted octanol–water partition coefficient (Wildman–Crippen LogP) is 3.04. The Bertz CT molecular complexity index is 1230. The van der Waals surface area contributed by atoms with Gasteiger partial charge in [-0.1, -0.05) is 42.5 Å². The van der Waals surface area contributed by atoms with Crippen molar-refractivity contribution in [1.29, 1.82) is 0 Å². The zero-order valence-corrected chi connectivity index (χ0v) is 19.7. The summed E-state index contributed by atoms with van der Waals surface area (Å²) in [6.07, 6.45) is 0.666. The number of amides is 1. The van der Waals surface area contributed by atoms with Gasteiger partial charge in [-0.3, -0.25) is 9.10 Å². The van der Waals surface area contributed by atoms with Crippen molar-refractivity contribution in [3.05, 3.63) is 90.0 Å². The topological polar surface area (TPSA) is 102 Å². The number of carbonyl (C=O) groups excluding carboxylic acids is 2. The third-order valence-electron chi connectivity index (χ3n) is 5.09. The van der Waals surface area contributed by atoms with Crippen LogP contribution in [0.3, 0.4) is 0 Å². The van der Waals surface area contributed by atoms with Gasteiger partial charge in [0.05, 0.1) is 23.3 Å². The highest BCUT2D eigenvalue weighted by molar-refractivity contribution is 7.92. The zero-order valence-electron chi connectivity index (χ0n) is 18.9. The quantitative estimate of drug-likeness (QED) is 0.446. The summed E-state index contributed by atoms with van der Waals surface area (Å²) >= 11 is 0. The molecule has 0 bridgehead atoms. The highest BCUT2D eigenvalue weighted by Crippen LogP contribution is 2.30. The molecule has 1 N–H and O–H groups in total. The average molecular weight is 483 g/mol. The molecule has 0 radical (unpaired) electrons. The third kappa shape index (κ3) is 6.14. The first-order valence-electron chi connectivity index (χ1n) is 10.5. The van der Waals surface area contributed by atoms with Gasteiger partial charge in [0.2, 0.25) is 0 Å². The number of nitrogens with zero attached hydrogens (tertiary/aromatic N) is 1. The van der Waals surface area contributed by atoms with Crippen LogP contribution in [0.1, 0.15) is 15.9 Å². The van der Waals surface area contributed by atoms with Gasteiger partial charge in [-0.05, 0) is 48.4 Å². The van der Waals surface area contributed by atoms with Crippen LogP contribution in [0, 0.1) is 0 Å². The molecule has 8 nitrogen and oxygen atoms in total. The summed E-state index contributed by atoms with van der Waals surface area (Å²) in [6.45, 7) is -0.00309. The lowest BCUT2D eigenvalue weighted by molar-refractivity contribution is -0.124. The Hall–Kier alpha value is -3.85. The third-order valence-corrected chi connectivity index (χ3v) is 6.87. The molecule has 0 aromatic heterocycles. The van der Waals surface area contributed by atoms with Gasteiger partial charge in [0.15, 0.2) is 6.61 Å². The second-order valence-corrected chi connectivity index (χ2v) is 9.30.